The Morgan fingerprint density at radius 2 is 2.03 bits per heavy atom. The maximum atomic E-state index is 12.8. The highest BCUT2D eigenvalue weighted by Gasteiger charge is 2.24. The fourth-order valence-electron chi connectivity index (χ4n) is 4.27. The Bertz CT molecular complexity index is 1030. The van der Waals surface area contributed by atoms with Crippen molar-refractivity contribution >= 4 is 16.7 Å². The minimum absolute atomic E-state index is 0.0826. The number of ether oxygens (including phenoxy) is 2. The molecule has 5 rings (SSSR count). The molecule has 2 aliphatic heterocycles. The quantitative estimate of drug-likeness (QED) is 0.635. The van der Waals surface area contributed by atoms with Crippen LogP contribution in [0.4, 0.5) is 14.6 Å². The van der Waals surface area contributed by atoms with Crippen molar-refractivity contribution < 1.29 is 18.3 Å². The van der Waals surface area contributed by atoms with E-state index in [4.69, 9.17) is 9.47 Å². The molecule has 1 fully saturated rings. The molecule has 0 bridgehead atoms. The number of piperidine rings is 1. The molecule has 8 heteroatoms. The van der Waals surface area contributed by atoms with E-state index in [-0.39, 0.29) is 12.6 Å². The van der Waals surface area contributed by atoms with Crippen molar-refractivity contribution in [2.45, 2.75) is 44.9 Å². The molecule has 2 aliphatic rings. The molecule has 0 unspecified atom stereocenters. The highest BCUT2D eigenvalue weighted by atomic mass is 19.3. The number of nitrogens with zero attached hydrogens (tertiary/aromatic N) is 4. The summed E-state index contributed by atoms with van der Waals surface area (Å²) in [4.78, 5) is 2.24. The van der Waals surface area contributed by atoms with Crippen LogP contribution in [0.2, 0.25) is 0 Å². The van der Waals surface area contributed by atoms with Crippen LogP contribution in [0.5, 0.6) is 5.75 Å². The molecule has 0 atom stereocenters. The second kappa shape index (κ2) is 8.18. The van der Waals surface area contributed by atoms with Gasteiger partial charge in [-0.25, -0.2) is 8.78 Å². The van der Waals surface area contributed by atoms with Gasteiger partial charge in [0.1, 0.15) is 11.9 Å². The van der Waals surface area contributed by atoms with Gasteiger partial charge in [-0.2, -0.15) is 5.10 Å². The van der Waals surface area contributed by atoms with Gasteiger partial charge in [-0.15, -0.1) is 5.10 Å². The summed E-state index contributed by atoms with van der Waals surface area (Å²) >= 11 is 0. The van der Waals surface area contributed by atoms with Gasteiger partial charge in [0.15, 0.2) is 5.82 Å². The van der Waals surface area contributed by atoms with E-state index < -0.39 is 6.43 Å². The van der Waals surface area contributed by atoms with Crippen molar-refractivity contribution in [2.75, 3.05) is 24.6 Å². The van der Waals surface area contributed by atoms with E-state index in [1.807, 2.05) is 24.3 Å². The molecule has 3 aromatic rings. The summed E-state index contributed by atoms with van der Waals surface area (Å²) in [5.41, 5.74) is 2.94. The largest absolute Gasteiger partial charge is 0.490 e. The molecule has 1 saturated heterocycles. The first kappa shape index (κ1) is 19.2. The number of anilines is 1. The second-order valence-electron chi connectivity index (χ2n) is 7.83. The van der Waals surface area contributed by atoms with Crippen LogP contribution in [0.3, 0.4) is 0 Å². The van der Waals surface area contributed by atoms with Crippen LogP contribution in [0.25, 0.3) is 10.9 Å². The van der Waals surface area contributed by atoms with Crippen LogP contribution in [-0.4, -0.2) is 47.0 Å². The van der Waals surface area contributed by atoms with Gasteiger partial charge in [0.2, 0.25) is 0 Å². The molecule has 6 nitrogen and oxygen atoms in total. The van der Waals surface area contributed by atoms with E-state index in [9.17, 15) is 8.78 Å². The first-order chi connectivity index (χ1) is 14.7. The molecule has 30 heavy (non-hydrogen) atoms. The number of alkyl halides is 2. The number of aromatic nitrogens is 3. The van der Waals surface area contributed by atoms with E-state index in [2.05, 4.69) is 21.2 Å². The van der Waals surface area contributed by atoms with Crippen molar-refractivity contribution in [1.29, 1.82) is 0 Å². The van der Waals surface area contributed by atoms with Crippen LogP contribution < -0.4 is 9.64 Å². The van der Waals surface area contributed by atoms with Gasteiger partial charge in [-0.05, 0) is 24.3 Å². The molecule has 4 heterocycles. The van der Waals surface area contributed by atoms with Crippen LogP contribution in [0.1, 0.15) is 24.1 Å². The average Bonchev–Trinajstić information content (AvgIpc) is 3.17. The minimum Gasteiger partial charge on any atom is -0.490 e. The van der Waals surface area contributed by atoms with E-state index >= 15 is 0 Å². The Balaban J connectivity index is 1.25. The minimum atomic E-state index is -2.38. The Morgan fingerprint density at radius 3 is 2.87 bits per heavy atom. The van der Waals surface area contributed by atoms with Gasteiger partial charge >= 0.3 is 0 Å². The summed E-state index contributed by atoms with van der Waals surface area (Å²) in [7, 11) is 0. The topological polar surface area (TPSA) is 52.4 Å². The number of halogens is 2. The van der Waals surface area contributed by atoms with Crippen LogP contribution in [0.15, 0.2) is 36.5 Å². The molecule has 0 N–H and O–H groups in total. The Labute approximate surface area is 173 Å². The number of rotatable bonds is 5. The van der Waals surface area contributed by atoms with Crippen molar-refractivity contribution in [2.24, 2.45) is 0 Å². The summed E-state index contributed by atoms with van der Waals surface area (Å²) in [5, 5.41) is 9.66. The third-order valence-electron chi connectivity index (χ3n) is 5.86. The maximum absolute atomic E-state index is 12.8. The zero-order valence-corrected chi connectivity index (χ0v) is 16.6. The first-order valence-corrected chi connectivity index (χ1v) is 10.4. The van der Waals surface area contributed by atoms with Gasteiger partial charge in [0.25, 0.3) is 6.43 Å². The lowest BCUT2D eigenvalue weighted by Gasteiger charge is -2.33. The molecule has 0 spiro atoms. The number of fused-ring (bicyclic) bond motifs is 2. The Kier molecular flexibility index (Phi) is 5.25. The number of hydrogen-bond acceptors (Lipinski definition) is 5. The van der Waals surface area contributed by atoms with E-state index in [0.29, 0.717) is 13.2 Å². The number of benzene rings is 1. The molecular weight excluding hydrogens is 390 g/mol. The second-order valence-corrected chi connectivity index (χ2v) is 7.83. The van der Waals surface area contributed by atoms with Gasteiger partial charge in [0, 0.05) is 49.5 Å². The maximum Gasteiger partial charge on any atom is 0.256 e. The fourth-order valence-corrected chi connectivity index (χ4v) is 4.27. The Morgan fingerprint density at radius 1 is 1.17 bits per heavy atom. The van der Waals surface area contributed by atoms with E-state index in [0.717, 1.165) is 66.1 Å². The van der Waals surface area contributed by atoms with Crippen LogP contribution in [0, 0.1) is 0 Å². The third kappa shape index (κ3) is 3.84. The van der Waals surface area contributed by atoms with Crippen molar-refractivity contribution in [3.8, 4) is 5.75 Å². The van der Waals surface area contributed by atoms with Crippen molar-refractivity contribution in [3.63, 3.8) is 0 Å². The predicted octanol–water partition coefficient (Wildman–Crippen LogP) is 3.82. The van der Waals surface area contributed by atoms with E-state index in [1.54, 1.807) is 10.8 Å². The smallest absolute Gasteiger partial charge is 0.256 e. The normalized spacial score (nSPS) is 17.5. The summed E-state index contributed by atoms with van der Waals surface area (Å²) in [6.45, 7) is 2.68. The van der Waals surface area contributed by atoms with Gasteiger partial charge in [-0.3, -0.25) is 0 Å². The summed E-state index contributed by atoms with van der Waals surface area (Å²) in [6.07, 6.45) is 1.95. The van der Waals surface area contributed by atoms with Crippen molar-refractivity contribution in [1.82, 2.24) is 14.8 Å². The monoisotopic (exact) mass is 414 g/mol. The molecule has 1 aromatic carbocycles. The third-order valence-corrected chi connectivity index (χ3v) is 5.86. The van der Waals surface area contributed by atoms with Crippen molar-refractivity contribution in [3.05, 3.63) is 47.8 Å². The molecule has 2 aromatic heterocycles. The predicted molar refractivity (Wildman–Crippen MR) is 109 cm³/mol. The highest BCUT2D eigenvalue weighted by Crippen LogP contribution is 2.30. The zero-order valence-electron chi connectivity index (χ0n) is 16.6. The average molecular weight is 414 g/mol. The van der Waals surface area contributed by atoms with Gasteiger partial charge in [-0.1, -0.05) is 6.07 Å². The summed E-state index contributed by atoms with van der Waals surface area (Å²) < 4.78 is 39.0. The molecule has 0 amide bonds. The SMILES string of the molecule is FC(F)Cn1ccc2c(OC3CCN(c4cc5c(nn4)CCOC5)CC3)cccc21. The summed E-state index contributed by atoms with van der Waals surface area (Å²) in [5.74, 6) is 1.65. The fraction of sp³-hybridized carbons (Fsp3) is 0.455. The highest BCUT2D eigenvalue weighted by molar-refractivity contribution is 5.86. The molecule has 0 saturated carbocycles. The van der Waals surface area contributed by atoms with Crippen LogP contribution >= 0.6 is 0 Å². The zero-order chi connectivity index (χ0) is 20.5. The number of hydrogen-bond donors (Lipinski definition) is 0. The lowest BCUT2D eigenvalue weighted by molar-refractivity contribution is 0.108. The summed E-state index contributed by atoms with van der Waals surface area (Å²) in [6, 6.07) is 9.57. The van der Waals surface area contributed by atoms with Gasteiger partial charge < -0.3 is 18.9 Å². The lowest BCUT2D eigenvalue weighted by atomic mass is 10.1. The standard InChI is InChI=1S/C22H24F2N4O2/c23-21(24)13-28-10-6-17-19(28)2-1-3-20(17)30-16-4-8-27(9-5-16)22-12-15-14-29-11-7-18(15)25-26-22/h1-3,6,10,12,16,21H,4-5,7-9,11,13-14H2. The first-order valence-electron chi connectivity index (χ1n) is 10.4. The van der Waals surface area contributed by atoms with Crippen LogP contribution in [-0.2, 0) is 24.3 Å². The van der Waals surface area contributed by atoms with E-state index in [1.165, 1.54) is 0 Å². The molecule has 0 aliphatic carbocycles. The molecular formula is C22H24F2N4O2. The Hall–Kier alpha value is -2.74. The lowest BCUT2D eigenvalue weighted by Crippen LogP contribution is -2.39. The molecule has 0 radical (unpaired) electrons. The molecule has 158 valence electrons. The van der Waals surface area contributed by atoms with Gasteiger partial charge in [0.05, 0.1) is 31.0 Å².